The van der Waals surface area contributed by atoms with Crippen LogP contribution in [0.4, 0.5) is 5.69 Å². The second-order valence-corrected chi connectivity index (χ2v) is 5.48. The van der Waals surface area contributed by atoms with Gasteiger partial charge in [0.1, 0.15) is 11.3 Å². The quantitative estimate of drug-likeness (QED) is 0.666. The molecule has 3 aromatic rings. The van der Waals surface area contributed by atoms with Crippen molar-refractivity contribution in [1.29, 1.82) is 0 Å². The number of hydrogen-bond donors (Lipinski definition) is 0. The van der Waals surface area contributed by atoms with E-state index in [0.29, 0.717) is 0 Å². The standard InChI is InChI=1S/C16H14BrNO/c1-18(2)12-9-7-11(8-10-12)16-15(17)13-5-3-4-6-14(13)19-16/h3-10H,1-2H3. The van der Waals surface area contributed by atoms with Crippen LogP contribution in [0.25, 0.3) is 22.3 Å². The van der Waals surface area contributed by atoms with Crippen molar-refractivity contribution < 1.29 is 4.42 Å². The third-order valence-electron chi connectivity index (χ3n) is 3.18. The maximum absolute atomic E-state index is 5.92. The Balaban J connectivity index is 2.11. The summed E-state index contributed by atoms with van der Waals surface area (Å²) in [5, 5.41) is 1.11. The SMILES string of the molecule is CN(C)c1ccc(-c2oc3ccccc3c2Br)cc1. The molecule has 0 saturated heterocycles. The molecule has 2 aromatic carbocycles. The van der Waals surface area contributed by atoms with Crippen molar-refractivity contribution in [3.05, 3.63) is 53.0 Å². The van der Waals surface area contributed by atoms with E-state index in [0.717, 1.165) is 26.8 Å². The zero-order valence-electron chi connectivity index (χ0n) is 10.9. The van der Waals surface area contributed by atoms with Crippen molar-refractivity contribution in [1.82, 2.24) is 0 Å². The zero-order chi connectivity index (χ0) is 13.4. The Hall–Kier alpha value is -1.74. The van der Waals surface area contributed by atoms with E-state index >= 15 is 0 Å². The predicted molar refractivity (Wildman–Crippen MR) is 83.7 cm³/mol. The number of furan rings is 1. The van der Waals surface area contributed by atoms with Gasteiger partial charge in [-0.15, -0.1) is 0 Å². The van der Waals surface area contributed by atoms with Crippen molar-refractivity contribution in [3.8, 4) is 11.3 Å². The average molecular weight is 316 g/mol. The summed E-state index contributed by atoms with van der Waals surface area (Å²) in [6.45, 7) is 0. The van der Waals surface area contributed by atoms with Crippen LogP contribution < -0.4 is 4.90 Å². The maximum Gasteiger partial charge on any atom is 0.149 e. The van der Waals surface area contributed by atoms with Gasteiger partial charge in [-0.1, -0.05) is 12.1 Å². The number of hydrogen-bond acceptors (Lipinski definition) is 2. The zero-order valence-corrected chi connectivity index (χ0v) is 12.4. The first-order valence-corrected chi connectivity index (χ1v) is 6.91. The minimum atomic E-state index is 0.881. The number of halogens is 1. The van der Waals surface area contributed by atoms with Crippen LogP contribution in [0.15, 0.2) is 57.4 Å². The van der Waals surface area contributed by atoms with Crippen LogP contribution in [-0.4, -0.2) is 14.1 Å². The Morgan fingerprint density at radius 2 is 1.63 bits per heavy atom. The number of nitrogens with zero attached hydrogens (tertiary/aromatic N) is 1. The topological polar surface area (TPSA) is 16.4 Å². The molecule has 0 aliphatic heterocycles. The molecule has 0 spiro atoms. The summed E-state index contributed by atoms with van der Waals surface area (Å²) < 4.78 is 6.94. The summed E-state index contributed by atoms with van der Waals surface area (Å²) >= 11 is 3.63. The van der Waals surface area contributed by atoms with Gasteiger partial charge in [0.25, 0.3) is 0 Å². The number of anilines is 1. The van der Waals surface area contributed by atoms with E-state index in [2.05, 4.69) is 51.2 Å². The van der Waals surface area contributed by atoms with E-state index in [1.165, 1.54) is 5.69 Å². The van der Waals surface area contributed by atoms with Gasteiger partial charge in [-0.2, -0.15) is 0 Å². The molecule has 2 nitrogen and oxygen atoms in total. The molecule has 3 heteroatoms. The van der Waals surface area contributed by atoms with Gasteiger partial charge in [0.15, 0.2) is 0 Å². The summed E-state index contributed by atoms with van der Waals surface area (Å²) in [5.41, 5.74) is 3.16. The highest BCUT2D eigenvalue weighted by Gasteiger charge is 2.13. The van der Waals surface area contributed by atoms with Crippen LogP contribution >= 0.6 is 15.9 Å². The fraction of sp³-hybridized carbons (Fsp3) is 0.125. The van der Waals surface area contributed by atoms with Crippen LogP contribution in [0.1, 0.15) is 0 Å². The van der Waals surface area contributed by atoms with Gasteiger partial charge in [0.2, 0.25) is 0 Å². The van der Waals surface area contributed by atoms with Crippen LogP contribution in [-0.2, 0) is 0 Å². The highest BCUT2D eigenvalue weighted by molar-refractivity contribution is 9.10. The monoisotopic (exact) mass is 315 g/mol. The molecule has 0 aliphatic rings. The number of fused-ring (bicyclic) bond motifs is 1. The molecule has 1 heterocycles. The van der Waals surface area contributed by atoms with Gasteiger partial charge in [-0.05, 0) is 52.3 Å². The summed E-state index contributed by atoms with van der Waals surface area (Å²) in [7, 11) is 4.07. The molecular formula is C16H14BrNO. The normalized spacial score (nSPS) is 10.9. The lowest BCUT2D eigenvalue weighted by Crippen LogP contribution is -2.07. The third kappa shape index (κ3) is 2.15. The number of para-hydroxylation sites is 1. The Kier molecular flexibility index (Phi) is 3.07. The molecule has 0 atom stereocenters. The second-order valence-electron chi connectivity index (χ2n) is 4.68. The fourth-order valence-corrected chi connectivity index (χ4v) is 2.75. The summed E-state index contributed by atoms with van der Waals surface area (Å²) in [6.07, 6.45) is 0. The molecule has 0 unspecified atom stereocenters. The molecular weight excluding hydrogens is 302 g/mol. The van der Waals surface area contributed by atoms with Crippen LogP contribution in [0.5, 0.6) is 0 Å². The Bertz CT molecular complexity index is 713. The van der Waals surface area contributed by atoms with Gasteiger partial charge in [0.05, 0.1) is 4.47 Å². The lowest BCUT2D eigenvalue weighted by Gasteiger charge is -2.12. The van der Waals surface area contributed by atoms with Gasteiger partial charge in [0, 0.05) is 30.7 Å². The van der Waals surface area contributed by atoms with Crippen LogP contribution in [0.2, 0.25) is 0 Å². The summed E-state index contributed by atoms with van der Waals surface area (Å²) in [4.78, 5) is 2.08. The molecule has 0 N–H and O–H groups in total. The van der Waals surface area contributed by atoms with E-state index in [-0.39, 0.29) is 0 Å². The number of benzene rings is 2. The third-order valence-corrected chi connectivity index (χ3v) is 3.97. The lowest BCUT2D eigenvalue weighted by atomic mass is 10.1. The summed E-state index contributed by atoms with van der Waals surface area (Å²) in [5.74, 6) is 0.881. The summed E-state index contributed by atoms with van der Waals surface area (Å²) in [6, 6.07) is 16.4. The van der Waals surface area contributed by atoms with E-state index in [1.807, 2.05) is 32.3 Å². The van der Waals surface area contributed by atoms with E-state index in [4.69, 9.17) is 4.42 Å². The highest BCUT2D eigenvalue weighted by atomic mass is 79.9. The molecule has 1 aromatic heterocycles. The van der Waals surface area contributed by atoms with E-state index in [1.54, 1.807) is 0 Å². The molecule has 19 heavy (non-hydrogen) atoms. The average Bonchev–Trinajstić information content (AvgIpc) is 2.77. The van der Waals surface area contributed by atoms with Crippen molar-refractivity contribution in [3.63, 3.8) is 0 Å². The van der Waals surface area contributed by atoms with Crippen molar-refractivity contribution in [2.45, 2.75) is 0 Å². The first-order valence-electron chi connectivity index (χ1n) is 6.11. The number of rotatable bonds is 2. The Morgan fingerprint density at radius 3 is 2.26 bits per heavy atom. The van der Waals surface area contributed by atoms with Crippen molar-refractivity contribution in [2.75, 3.05) is 19.0 Å². The van der Waals surface area contributed by atoms with Gasteiger partial charge < -0.3 is 9.32 Å². The van der Waals surface area contributed by atoms with Gasteiger partial charge >= 0.3 is 0 Å². The highest BCUT2D eigenvalue weighted by Crippen LogP contribution is 2.37. The van der Waals surface area contributed by atoms with Gasteiger partial charge in [-0.3, -0.25) is 0 Å². The van der Waals surface area contributed by atoms with E-state index < -0.39 is 0 Å². The minimum absolute atomic E-state index is 0.881. The van der Waals surface area contributed by atoms with Crippen molar-refractivity contribution >= 4 is 32.6 Å². The largest absolute Gasteiger partial charge is 0.455 e. The fourth-order valence-electron chi connectivity index (χ4n) is 2.11. The molecule has 3 rings (SSSR count). The molecule has 0 amide bonds. The first-order chi connectivity index (χ1) is 9.16. The smallest absolute Gasteiger partial charge is 0.149 e. The van der Waals surface area contributed by atoms with Crippen LogP contribution in [0.3, 0.4) is 0 Å². The van der Waals surface area contributed by atoms with Crippen LogP contribution in [0, 0.1) is 0 Å². The molecule has 0 aliphatic carbocycles. The molecule has 0 radical (unpaired) electrons. The Morgan fingerprint density at radius 1 is 0.947 bits per heavy atom. The lowest BCUT2D eigenvalue weighted by molar-refractivity contribution is 0.630. The van der Waals surface area contributed by atoms with E-state index in [9.17, 15) is 0 Å². The minimum Gasteiger partial charge on any atom is -0.455 e. The van der Waals surface area contributed by atoms with Gasteiger partial charge in [-0.25, -0.2) is 0 Å². The first kappa shape index (κ1) is 12.3. The Labute approximate surface area is 120 Å². The molecule has 96 valence electrons. The molecule has 0 saturated carbocycles. The maximum atomic E-state index is 5.92. The van der Waals surface area contributed by atoms with Crippen molar-refractivity contribution in [2.24, 2.45) is 0 Å². The molecule has 0 fully saturated rings. The predicted octanol–water partition coefficient (Wildman–Crippen LogP) is 4.93. The second kappa shape index (κ2) is 4.74. The molecule has 0 bridgehead atoms.